The van der Waals surface area contributed by atoms with Crippen molar-refractivity contribution in [2.75, 3.05) is 18.4 Å². The fourth-order valence-corrected chi connectivity index (χ4v) is 2.94. The van der Waals surface area contributed by atoms with Gasteiger partial charge in [0.2, 0.25) is 5.91 Å². The average molecular weight is 369 g/mol. The predicted molar refractivity (Wildman–Crippen MR) is 103 cm³/mol. The molecule has 6 nitrogen and oxygen atoms in total. The van der Waals surface area contributed by atoms with Crippen molar-refractivity contribution in [3.63, 3.8) is 0 Å². The number of carbonyl (C=O) groups excluding carboxylic acids is 2. The summed E-state index contributed by atoms with van der Waals surface area (Å²) in [5, 5.41) is 5.68. The minimum atomic E-state index is -0.241. The van der Waals surface area contributed by atoms with Crippen molar-refractivity contribution in [3.8, 4) is 0 Å². The number of anilines is 1. The van der Waals surface area contributed by atoms with Gasteiger partial charge in [-0.3, -0.25) is 4.79 Å². The summed E-state index contributed by atoms with van der Waals surface area (Å²) in [6.07, 6.45) is 4.21. The van der Waals surface area contributed by atoms with E-state index in [0.717, 1.165) is 31.5 Å². The quantitative estimate of drug-likeness (QED) is 0.721. The van der Waals surface area contributed by atoms with E-state index in [1.807, 2.05) is 42.2 Å². The van der Waals surface area contributed by atoms with Crippen LogP contribution in [0.1, 0.15) is 39.0 Å². The molecule has 0 aromatic heterocycles. The molecule has 0 saturated carbocycles. The molecule has 1 aliphatic heterocycles. The molecule has 0 aliphatic carbocycles. The van der Waals surface area contributed by atoms with Gasteiger partial charge < -0.3 is 21.3 Å². The number of hydrogen-bond acceptors (Lipinski definition) is 3. The maximum Gasteiger partial charge on any atom is 0.319 e. The Hall–Kier alpha value is -1.79. The average Bonchev–Trinajstić information content (AvgIpc) is 2.59. The number of carbonyl (C=O) groups is 2. The lowest BCUT2D eigenvalue weighted by atomic mass is 10.0. The molecule has 1 aromatic carbocycles. The smallest absolute Gasteiger partial charge is 0.319 e. The second-order valence-corrected chi connectivity index (χ2v) is 6.45. The molecule has 0 radical (unpaired) electrons. The molecule has 2 atom stereocenters. The van der Waals surface area contributed by atoms with Crippen molar-refractivity contribution in [1.29, 1.82) is 0 Å². The monoisotopic (exact) mass is 368 g/mol. The number of piperidine rings is 1. The lowest BCUT2D eigenvalue weighted by molar-refractivity contribution is -0.134. The third-order valence-corrected chi connectivity index (χ3v) is 4.29. The van der Waals surface area contributed by atoms with Crippen molar-refractivity contribution in [1.82, 2.24) is 10.2 Å². The molecule has 140 valence electrons. The number of rotatable bonds is 6. The Labute approximate surface area is 155 Å². The van der Waals surface area contributed by atoms with E-state index < -0.39 is 0 Å². The molecule has 4 N–H and O–H groups in total. The number of nitrogens with one attached hydrogen (secondary N) is 2. The van der Waals surface area contributed by atoms with Crippen molar-refractivity contribution in [2.45, 2.75) is 51.1 Å². The molecule has 1 aliphatic rings. The van der Waals surface area contributed by atoms with E-state index in [0.29, 0.717) is 19.4 Å². The summed E-state index contributed by atoms with van der Waals surface area (Å²) >= 11 is 0. The molecular formula is C18H29ClN4O2. The molecule has 1 heterocycles. The first-order valence-corrected chi connectivity index (χ1v) is 8.71. The van der Waals surface area contributed by atoms with Gasteiger partial charge in [-0.25, -0.2) is 4.79 Å². The highest BCUT2D eigenvalue weighted by Gasteiger charge is 2.26. The first kappa shape index (κ1) is 21.3. The van der Waals surface area contributed by atoms with Crippen molar-refractivity contribution < 1.29 is 9.59 Å². The molecule has 1 aromatic rings. The maximum atomic E-state index is 12.4. The SMILES string of the molecule is CC(N)CCC(=O)N1CCCCC1CNC(=O)Nc1ccccc1.Cl. The summed E-state index contributed by atoms with van der Waals surface area (Å²) in [6.45, 7) is 3.16. The van der Waals surface area contributed by atoms with Gasteiger partial charge in [0.25, 0.3) is 0 Å². The predicted octanol–water partition coefficient (Wildman–Crippen LogP) is 2.74. The van der Waals surface area contributed by atoms with Gasteiger partial charge in [0, 0.05) is 37.3 Å². The highest BCUT2D eigenvalue weighted by Crippen LogP contribution is 2.18. The highest BCUT2D eigenvalue weighted by molar-refractivity contribution is 5.89. The van der Waals surface area contributed by atoms with Crippen molar-refractivity contribution in [3.05, 3.63) is 30.3 Å². The number of amides is 3. The van der Waals surface area contributed by atoms with Gasteiger partial charge in [0.05, 0.1) is 0 Å². The van der Waals surface area contributed by atoms with Gasteiger partial charge >= 0.3 is 6.03 Å². The van der Waals surface area contributed by atoms with Crippen LogP contribution in [0.15, 0.2) is 30.3 Å². The third kappa shape index (κ3) is 7.32. The minimum absolute atomic E-state index is 0. The zero-order valence-corrected chi connectivity index (χ0v) is 15.6. The molecule has 2 rings (SSSR count). The Kier molecular flexibility index (Phi) is 9.31. The lowest BCUT2D eigenvalue weighted by Gasteiger charge is -2.36. The zero-order chi connectivity index (χ0) is 17.4. The first-order chi connectivity index (χ1) is 11.6. The van der Waals surface area contributed by atoms with Gasteiger partial charge in [0.1, 0.15) is 0 Å². The van der Waals surface area contributed by atoms with E-state index in [2.05, 4.69) is 10.6 Å². The van der Waals surface area contributed by atoms with E-state index in [-0.39, 0.29) is 36.4 Å². The molecule has 25 heavy (non-hydrogen) atoms. The maximum absolute atomic E-state index is 12.4. The van der Waals surface area contributed by atoms with E-state index in [4.69, 9.17) is 5.73 Å². The molecule has 1 fully saturated rings. The summed E-state index contributed by atoms with van der Waals surface area (Å²) in [5.74, 6) is 0.141. The number of likely N-dealkylation sites (tertiary alicyclic amines) is 1. The molecule has 3 amide bonds. The topological polar surface area (TPSA) is 87.5 Å². The fourth-order valence-electron chi connectivity index (χ4n) is 2.94. The molecule has 2 unspecified atom stereocenters. The van der Waals surface area contributed by atoms with Crippen LogP contribution < -0.4 is 16.4 Å². The van der Waals surface area contributed by atoms with Crippen LogP contribution in [-0.4, -0.2) is 42.0 Å². The summed E-state index contributed by atoms with van der Waals surface area (Å²) in [6, 6.07) is 9.18. The fraction of sp³-hybridized carbons (Fsp3) is 0.556. The second-order valence-electron chi connectivity index (χ2n) is 6.45. The molecule has 0 spiro atoms. The Balaban J connectivity index is 0.00000312. The third-order valence-electron chi connectivity index (χ3n) is 4.29. The number of para-hydroxylation sites is 1. The summed E-state index contributed by atoms with van der Waals surface area (Å²) in [5.41, 5.74) is 6.49. The highest BCUT2D eigenvalue weighted by atomic mass is 35.5. The molecular weight excluding hydrogens is 340 g/mol. The number of nitrogens with zero attached hydrogens (tertiary/aromatic N) is 1. The Morgan fingerprint density at radius 3 is 2.68 bits per heavy atom. The Morgan fingerprint density at radius 2 is 2.00 bits per heavy atom. The number of hydrogen-bond donors (Lipinski definition) is 3. The standard InChI is InChI=1S/C18H28N4O2.ClH/c1-14(19)10-11-17(23)22-12-6-5-9-16(22)13-20-18(24)21-15-7-3-2-4-8-15;/h2-4,7-8,14,16H,5-6,9-13,19H2,1H3,(H2,20,21,24);1H. The van der Waals surface area contributed by atoms with Crippen LogP contribution in [0.4, 0.5) is 10.5 Å². The zero-order valence-electron chi connectivity index (χ0n) is 14.7. The molecule has 1 saturated heterocycles. The van der Waals surface area contributed by atoms with Crippen LogP contribution in [0.25, 0.3) is 0 Å². The van der Waals surface area contributed by atoms with Gasteiger partial charge in [0.15, 0.2) is 0 Å². The molecule has 0 bridgehead atoms. The van der Waals surface area contributed by atoms with E-state index in [9.17, 15) is 9.59 Å². The largest absolute Gasteiger partial charge is 0.338 e. The molecule has 7 heteroatoms. The van der Waals surface area contributed by atoms with Crippen LogP contribution in [0.2, 0.25) is 0 Å². The van der Waals surface area contributed by atoms with Crippen LogP contribution in [0, 0.1) is 0 Å². The van der Waals surface area contributed by atoms with E-state index >= 15 is 0 Å². The van der Waals surface area contributed by atoms with Crippen molar-refractivity contribution >= 4 is 30.0 Å². The van der Waals surface area contributed by atoms with Crippen LogP contribution >= 0.6 is 12.4 Å². The van der Waals surface area contributed by atoms with E-state index in [1.165, 1.54) is 0 Å². The Bertz CT molecular complexity index is 539. The number of nitrogens with two attached hydrogens (primary N) is 1. The number of urea groups is 1. The van der Waals surface area contributed by atoms with Gasteiger partial charge in [-0.15, -0.1) is 12.4 Å². The second kappa shape index (κ2) is 10.9. The lowest BCUT2D eigenvalue weighted by Crippen LogP contribution is -2.50. The van der Waals surface area contributed by atoms with Crippen LogP contribution in [-0.2, 0) is 4.79 Å². The van der Waals surface area contributed by atoms with Crippen LogP contribution in [0.5, 0.6) is 0 Å². The summed E-state index contributed by atoms with van der Waals surface area (Å²) < 4.78 is 0. The minimum Gasteiger partial charge on any atom is -0.338 e. The number of benzene rings is 1. The number of halogens is 1. The summed E-state index contributed by atoms with van der Waals surface area (Å²) in [4.78, 5) is 26.3. The van der Waals surface area contributed by atoms with Gasteiger partial charge in [-0.05, 0) is 44.7 Å². The van der Waals surface area contributed by atoms with Crippen molar-refractivity contribution in [2.24, 2.45) is 5.73 Å². The van der Waals surface area contributed by atoms with Gasteiger partial charge in [-0.2, -0.15) is 0 Å². The van der Waals surface area contributed by atoms with Gasteiger partial charge in [-0.1, -0.05) is 18.2 Å². The normalized spacial score (nSPS) is 18.0. The summed E-state index contributed by atoms with van der Waals surface area (Å²) in [7, 11) is 0. The Morgan fingerprint density at radius 1 is 1.28 bits per heavy atom. The van der Waals surface area contributed by atoms with Crippen LogP contribution in [0.3, 0.4) is 0 Å². The van der Waals surface area contributed by atoms with E-state index in [1.54, 1.807) is 0 Å². The first-order valence-electron chi connectivity index (χ1n) is 8.71.